The van der Waals surface area contributed by atoms with Crippen molar-refractivity contribution in [2.24, 2.45) is 27.9 Å². The van der Waals surface area contributed by atoms with Crippen molar-refractivity contribution in [2.75, 3.05) is 6.54 Å². The first-order valence-corrected chi connectivity index (χ1v) is 12.7. The van der Waals surface area contributed by atoms with Crippen LogP contribution in [-0.4, -0.2) is 76.4 Å². The van der Waals surface area contributed by atoms with Gasteiger partial charge in [-0.05, 0) is 37.8 Å². The van der Waals surface area contributed by atoms with Gasteiger partial charge in [-0.25, -0.2) is 4.79 Å². The highest BCUT2D eigenvalue weighted by Crippen LogP contribution is 2.19. The first-order chi connectivity index (χ1) is 18.9. The molecule has 0 radical (unpaired) electrons. The van der Waals surface area contributed by atoms with Gasteiger partial charge in [0.15, 0.2) is 5.96 Å². The highest BCUT2D eigenvalue weighted by Gasteiger charge is 2.29. The number of benzene rings is 1. The third kappa shape index (κ3) is 9.90. The van der Waals surface area contributed by atoms with Crippen LogP contribution in [0.3, 0.4) is 0 Å². The number of hydrogen-bond acceptors (Lipinski definition) is 7. The molecule has 218 valence electrons. The van der Waals surface area contributed by atoms with E-state index in [0.29, 0.717) is 6.42 Å². The van der Waals surface area contributed by atoms with Crippen molar-refractivity contribution in [1.82, 2.24) is 20.9 Å². The molecule has 1 aromatic carbocycles. The number of aliphatic carboxylic acids is 1. The minimum Gasteiger partial charge on any atom is -0.480 e. The van der Waals surface area contributed by atoms with Gasteiger partial charge >= 0.3 is 5.97 Å². The van der Waals surface area contributed by atoms with Crippen LogP contribution in [-0.2, 0) is 30.4 Å². The average molecular weight is 560 g/mol. The summed E-state index contributed by atoms with van der Waals surface area (Å²) in [5.74, 6) is -4.20. The van der Waals surface area contributed by atoms with E-state index in [1.165, 1.54) is 6.92 Å². The van der Waals surface area contributed by atoms with Gasteiger partial charge in [-0.2, -0.15) is 0 Å². The molecule has 0 saturated carbocycles. The lowest BCUT2D eigenvalue weighted by Crippen LogP contribution is -2.56. The number of carboxylic acids is 1. The monoisotopic (exact) mass is 559 g/mol. The largest absolute Gasteiger partial charge is 0.480 e. The van der Waals surface area contributed by atoms with Crippen molar-refractivity contribution in [2.45, 2.75) is 63.2 Å². The molecule has 0 bridgehead atoms. The second kappa shape index (κ2) is 15.1. The smallest absolute Gasteiger partial charge is 0.326 e. The minimum absolute atomic E-state index is 0.0748. The number of aliphatic imine (C=N–C) groups is 1. The van der Waals surface area contributed by atoms with E-state index in [1.54, 1.807) is 6.20 Å². The summed E-state index contributed by atoms with van der Waals surface area (Å²) in [5.41, 5.74) is 23.2. The number of carboxylic acid groups (broad SMARTS) is 1. The molecular formula is C25H37N9O6. The number of aromatic nitrogens is 1. The molecule has 13 N–H and O–H groups in total. The summed E-state index contributed by atoms with van der Waals surface area (Å²) in [6, 6.07) is 2.81. The number of nitrogens with two attached hydrogens (primary N) is 4. The van der Waals surface area contributed by atoms with Crippen molar-refractivity contribution in [3.63, 3.8) is 0 Å². The molecule has 0 spiro atoms. The van der Waals surface area contributed by atoms with Crippen LogP contribution in [0, 0.1) is 0 Å². The number of para-hydroxylation sites is 1. The number of fused-ring (bicyclic) bond motifs is 1. The maximum absolute atomic E-state index is 13.3. The molecule has 4 amide bonds. The number of carbonyl (C=O) groups excluding carboxylic acids is 4. The molecule has 1 aromatic heterocycles. The van der Waals surface area contributed by atoms with Gasteiger partial charge in [0.2, 0.25) is 23.6 Å². The highest BCUT2D eigenvalue weighted by atomic mass is 16.4. The van der Waals surface area contributed by atoms with Gasteiger partial charge in [0, 0.05) is 36.5 Å². The number of amides is 4. The first kappa shape index (κ1) is 31.6. The van der Waals surface area contributed by atoms with Crippen LogP contribution >= 0.6 is 0 Å². The Labute approximate surface area is 230 Å². The van der Waals surface area contributed by atoms with Crippen molar-refractivity contribution in [1.29, 1.82) is 0 Å². The Hall–Kier alpha value is -4.66. The molecular weight excluding hydrogens is 522 g/mol. The lowest BCUT2D eigenvalue weighted by Gasteiger charge is -2.23. The minimum atomic E-state index is -1.38. The number of guanidine groups is 1. The zero-order valence-electron chi connectivity index (χ0n) is 22.2. The Balaban J connectivity index is 2.13. The van der Waals surface area contributed by atoms with Gasteiger partial charge in [0.25, 0.3) is 0 Å². The normalized spacial score (nSPS) is 13.8. The number of nitrogens with zero attached hydrogens (tertiary/aromatic N) is 1. The summed E-state index contributed by atoms with van der Waals surface area (Å²) in [7, 11) is 0. The standard InChI is InChI=1S/C25H37N9O6/c1-13(21(36)33-18(24(39)40)8-9-20(27)35)32-23(38)19(11-14-12-31-17-7-3-2-5-15(14)17)34-22(37)16(26)6-4-10-30-25(28)29/h2-3,5,7,12-13,16,18-19,31H,4,6,8-11,26H2,1H3,(H2,27,35)(H,32,38)(H,33,36)(H,34,37)(H,39,40)(H4,28,29,30). The van der Waals surface area contributed by atoms with Gasteiger partial charge in [0.1, 0.15) is 18.1 Å². The molecule has 4 unspecified atom stereocenters. The van der Waals surface area contributed by atoms with Gasteiger partial charge < -0.3 is 49.0 Å². The van der Waals surface area contributed by atoms with Crippen LogP contribution in [0.1, 0.15) is 38.2 Å². The highest BCUT2D eigenvalue weighted by molar-refractivity contribution is 5.94. The maximum atomic E-state index is 13.3. The van der Waals surface area contributed by atoms with Crippen LogP contribution in [0.4, 0.5) is 0 Å². The summed E-state index contributed by atoms with van der Waals surface area (Å²) < 4.78 is 0. The zero-order chi connectivity index (χ0) is 29.8. The predicted octanol–water partition coefficient (Wildman–Crippen LogP) is -2.08. The third-order valence-corrected chi connectivity index (χ3v) is 6.08. The summed E-state index contributed by atoms with van der Waals surface area (Å²) in [6.45, 7) is 1.65. The van der Waals surface area contributed by atoms with E-state index in [2.05, 4.69) is 25.9 Å². The molecule has 2 rings (SSSR count). The predicted molar refractivity (Wildman–Crippen MR) is 147 cm³/mol. The topological polar surface area (TPSA) is 274 Å². The number of primary amides is 1. The molecule has 15 heteroatoms. The van der Waals surface area contributed by atoms with E-state index in [4.69, 9.17) is 22.9 Å². The summed E-state index contributed by atoms with van der Waals surface area (Å²) >= 11 is 0. The molecule has 40 heavy (non-hydrogen) atoms. The molecule has 0 aliphatic heterocycles. The van der Waals surface area contributed by atoms with Crippen LogP contribution in [0.15, 0.2) is 35.5 Å². The molecule has 15 nitrogen and oxygen atoms in total. The molecule has 0 fully saturated rings. The molecule has 0 aliphatic carbocycles. The zero-order valence-corrected chi connectivity index (χ0v) is 22.2. The number of rotatable bonds is 16. The maximum Gasteiger partial charge on any atom is 0.326 e. The Kier molecular flexibility index (Phi) is 11.9. The number of nitrogens with one attached hydrogen (secondary N) is 4. The third-order valence-electron chi connectivity index (χ3n) is 6.08. The van der Waals surface area contributed by atoms with Gasteiger partial charge in [-0.3, -0.25) is 24.2 Å². The fourth-order valence-electron chi connectivity index (χ4n) is 3.88. The van der Waals surface area contributed by atoms with Gasteiger partial charge in [-0.1, -0.05) is 18.2 Å². The summed E-state index contributed by atoms with van der Waals surface area (Å²) in [5, 5.41) is 17.6. The number of aromatic amines is 1. The Bertz CT molecular complexity index is 1240. The second-order valence-corrected chi connectivity index (χ2v) is 9.31. The lowest BCUT2D eigenvalue weighted by atomic mass is 10.0. The Morgan fingerprint density at radius 1 is 0.950 bits per heavy atom. The Morgan fingerprint density at radius 2 is 1.62 bits per heavy atom. The molecule has 0 aliphatic rings. The fourth-order valence-corrected chi connectivity index (χ4v) is 3.88. The summed E-state index contributed by atoms with van der Waals surface area (Å²) in [4.78, 5) is 68.2. The van der Waals surface area contributed by atoms with Crippen LogP contribution in [0.2, 0.25) is 0 Å². The lowest BCUT2D eigenvalue weighted by molar-refractivity contribution is -0.142. The average Bonchev–Trinajstić information content (AvgIpc) is 3.30. The van der Waals surface area contributed by atoms with Crippen LogP contribution in [0.5, 0.6) is 0 Å². The van der Waals surface area contributed by atoms with E-state index in [1.807, 2.05) is 24.3 Å². The van der Waals surface area contributed by atoms with E-state index < -0.39 is 53.8 Å². The number of hydrogen-bond donors (Lipinski definition) is 9. The second-order valence-electron chi connectivity index (χ2n) is 9.31. The van der Waals surface area contributed by atoms with Crippen molar-refractivity contribution in [3.8, 4) is 0 Å². The number of carbonyl (C=O) groups is 5. The fraction of sp³-hybridized carbons (Fsp3) is 0.440. The quantitative estimate of drug-likeness (QED) is 0.0619. The Morgan fingerprint density at radius 3 is 2.27 bits per heavy atom. The molecule has 0 saturated heterocycles. The molecule has 1 heterocycles. The van der Waals surface area contributed by atoms with Gasteiger partial charge in [-0.15, -0.1) is 0 Å². The SMILES string of the molecule is CC(NC(=O)C(Cc1c[nH]c2ccccc12)NC(=O)C(N)CCCN=C(N)N)C(=O)NC(CCC(N)=O)C(=O)O. The van der Waals surface area contributed by atoms with Crippen LogP contribution < -0.4 is 38.9 Å². The van der Waals surface area contributed by atoms with E-state index in [9.17, 15) is 29.1 Å². The summed E-state index contributed by atoms with van der Waals surface area (Å²) in [6.07, 6.45) is 2.03. The first-order valence-electron chi connectivity index (χ1n) is 12.7. The van der Waals surface area contributed by atoms with Crippen molar-refractivity contribution in [3.05, 3.63) is 36.0 Å². The van der Waals surface area contributed by atoms with E-state index in [-0.39, 0.29) is 38.2 Å². The van der Waals surface area contributed by atoms with Crippen molar-refractivity contribution < 1.29 is 29.1 Å². The van der Waals surface area contributed by atoms with Crippen molar-refractivity contribution >= 4 is 46.5 Å². The van der Waals surface area contributed by atoms with Gasteiger partial charge in [0.05, 0.1) is 6.04 Å². The van der Waals surface area contributed by atoms with Crippen LogP contribution in [0.25, 0.3) is 10.9 Å². The molecule has 2 aromatic rings. The molecule has 4 atom stereocenters. The van der Waals surface area contributed by atoms with E-state index in [0.717, 1.165) is 16.5 Å². The van der Waals surface area contributed by atoms with E-state index >= 15 is 0 Å². The number of H-pyrrole nitrogens is 1.